The van der Waals surface area contributed by atoms with Gasteiger partial charge in [-0.15, -0.1) is 12.4 Å². The molecular weight excluding hydrogens is 320 g/mol. The number of carbonyl (C=O) groups excluding carboxylic acids is 1. The molecule has 0 saturated carbocycles. The topological polar surface area (TPSA) is 55.1 Å². The van der Waals surface area contributed by atoms with E-state index >= 15 is 0 Å². The lowest BCUT2D eigenvalue weighted by Gasteiger charge is -2.19. The molecule has 0 aliphatic carbocycles. The van der Waals surface area contributed by atoms with Crippen LogP contribution in [0.1, 0.15) is 43.9 Å². The molecule has 2 aromatic rings. The Kier molecular flexibility index (Phi) is 7.30. The number of benzene rings is 2. The van der Waals surface area contributed by atoms with Crippen LogP contribution in [-0.4, -0.2) is 5.91 Å². The Hall–Kier alpha value is -2.00. The molecule has 0 bridgehead atoms. The van der Waals surface area contributed by atoms with Crippen molar-refractivity contribution in [1.29, 1.82) is 0 Å². The van der Waals surface area contributed by atoms with Crippen molar-refractivity contribution in [1.82, 2.24) is 5.32 Å². The third kappa shape index (κ3) is 5.89. The summed E-state index contributed by atoms with van der Waals surface area (Å²) in [6.07, 6.45) is 1.12. The van der Waals surface area contributed by atoms with E-state index in [1.807, 2.05) is 24.3 Å². The number of rotatable bonds is 5. The summed E-state index contributed by atoms with van der Waals surface area (Å²) < 4.78 is 0. The molecule has 0 fully saturated rings. The zero-order valence-electron chi connectivity index (χ0n) is 14.6. The molecule has 1 amide bonds. The lowest BCUT2D eigenvalue weighted by molar-refractivity contribution is -0.121. The highest BCUT2D eigenvalue weighted by Crippen LogP contribution is 2.22. The first-order chi connectivity index (χ1) is 10.9. The zero-order chi connectivity index (χ0) is 16.9. The Morgan fingerprint density at radius 3 is 2.25 bits per heavy atom. The zero-order valence-corrected chi connectivity index (χ0v) is 15.5. The van der Waals surface area contributed by atoms with E-state index in [1.165, 1.54) is 5.56 Å². The average Bonchev–Trinajstić information content (AvgIpc) is 2.51. The maximum atomic E-state index is 12.0. The third-order valence-electron chi connectivity index (χ3n) is 3.99. The molecule has 0 aliphatic heterocycles. The van der Waals surface area contributed by atoms with E-state index in [0.29, 0.717) is 19.4 Å². The minimum Gasteiger partial charge on any atom is -0.399 e. The van der Waals surface area contributed by atoms with Crippen molar-refractivity contribution in [3.8, 4) is 0 Å². The van der Waals surface area contributed by atoms with Crippen LogP contribution in [0.25, 0.3) is 0 Å². The minimum atomic E-state index is 0. The molecule has 2 aromatic carbocycles. The second-order valence-corrected chi connectivity index (χ2v) is 6.92. The number of para-hydroxylation sites is 1. The second kappa shape index (κ2) is 8.74. The highest BCUT2D eigenvalue weighted by Gasteiger charge is 2.12. The molecule has 24 heavy (non-hydrogen) atoms. The van der Waals surface area contributed by atoms with E-state index in [1.54, 1.807) is 0 Å². The number of hydrogen-bond donors (Lipinski definition) is 2. The van der Waals surface area contributed by atoms with Gasteiger partial charge in [-0.25, -0.2) is 0 Å². The van der Waals surface area contributed by atoms with Gasteiger partial charge in [-0.3, -0.25) is 4.79 Å². The Morgan fingerprint density at radius 2 is 1.67 bits per heavy atom. The number of nitrogens with one attached hydrogen (secondary N) is 1. The summed E-state index contributed by atoms with van der Waals surface area (Å²) in [6, 6.07) is 16.1. The monoisotopic (exact) mass is 346 g/mol. The quantitative estimate of drug-likeness (QED) is 0.796. The number of nitrogens with two attached hydrogens (primary N) is 1. The van der Waals surface area contributed by atoms with E-state index in [-0.39, 0.29) is 23.7 Å². The highest BCUT2D eigenvalue weighted by atomic mass is 35.5. The Morgan fingerprint density at radius 1 is 1.04 bits per heavy atom. The van der Waals surface area contributed by atoms with Gasteiger partial charge in [-0.2, -0.15) is 0 Å². The number of amides is 1. The molecule has 130 valence electrons. The maximum Gasteiger partial charge on any atom is 0.220 e. The lowest BCUT2D eigenvalue weighted by Crippen LogP contribution is -2.23. The predicted octanol–water partition coefficient (Wildman–Crippen LogP) is 4.24. The van der Waals surface area contributed by atoms with Crippen molar-refractivity contribution < 1.29 is 4.79 Å². The molecule has 0 spiro atoms. The van der Waals surface area contributed by atoms with Crippen LogP contribution in [-0.2, 0) is 23.2 Å². The van der Waals surface area contributed by atoms with E-state index in [2.05, 4.69) is 50.4 Å². The normalized spacial score (nSPS) is 10.8. The van der Waals surface area contributed by atoms with Crippen LogP contribution in [0, 0.1) is 0 Å². The Labute approximate surface area is 151 Å². The Balaban J connectivity index is 0.00000288. The minimum absolute atomic E-state index is 0. The van der Waals surface area contributed by atoms with Gasteiger partial charge >= 0.3 is 0 Å². The van der Waals surface area contributed by atoms with Gasteiger partial charge in [-0.1, -0.05) is 63.2 Å². The smallest absolute Gasteiger partial charge is 0.220 e. The summed E-state index contributed by atoms with van der Waals surface area (Å²) in [7, 11) is 0. The van der Waals surface area contributed by atoms with Crippen LogP contribution in [0.2, 0.25) is 0 Å². The first-order valence-corrected chi connectivity index (χ1v) is 8.06. The molecule has 0 heterocycles. The van der Waals surface area contributed by atoms with Gasteiger partial charge in [0.1, 0.15) is 0 Å². The van der Waals surface area contributed by atoms with Crippen molar-refractivity contribution in [2.45, 2.75) is 45.6 Å². The molecular formula is C20H27ClN2O. The summed E-state index contributed by atoms with van der Waals surface area (Å²) in [5.41, 5.74) is 10.2. The van der Waals surface area contributed by atoms with Crippen LogP contribution < -0.4 is 11.1 Å². The fraction of sp³-hybridized carbons (Fsp3) is 0.350. The summed E-state index contributed by atoms with van der Waals surface area (Å²) in [4.78, 5) is 12.0. The molecule has 3 nitrogen and oxygen atoms in total. The van der Waals surface area contributed by atoms with Crippen molar-refractivity contribution >= 4 is 24.0 Å². The number of halogens is 1. The molecule has 0 atom stereocenters. The number of aryl methyl sites for hydroxylation is 1. The molecule has 3 N–H and O–H groups in total. The van der Waals surface area contributed by atoms with Crippen LogP contribution in [0.4, 0.5) is 5.69 Å². The number of carbonyl (C=O) groups is 1. The molecule has 4 heteroatoms. The lowest BCUT2D eigenvalue weighted by atomic mass is 9.87. The van der Waals surface area contributed by atoms with Gasteiger partial charge in [0, 0.05) is 18.7 Å². The SMILES string of the molecule is CC(C)(C)c1ccc(CNC(=O)CCc2ccccc2N)cc1.Cl. The van der Waals surface area contributed by atoms with Crippen LogP contribution in [0.3, 0.4) is 0 Å². The van der Waals surface area contributed by atoms with Crippen molar-refractivity contribution in [3.63, 3.8) is 0 Å². The molecule has 0 unspecified atom stereocenters. The van der Waals surface area contributed by atoms with Crippen molar-refractivity contribution in [2.24, 2.45) is 0 Å². The van der Waals surface area contributed by atoms with E-state index < -0.39 is 0 Å². The maximum absolute atomic E-state index is 12.0. The van der Waals surface area contributed by atoms with Gasteiger partial charge in [0.15, 0.2) is 0 Å². The molecule has 0 saturated heterocycles. The van der Waals surface area contributed by atoms with Crippen molar-refractivity contribution in [2.75, 3.05) is 5.73 Å². The number of anilines is 1. The molecule has 0 aromatic heterocycles. The van der Waals surface area contributed by atoms with Crippen LogP contribution in [0.15, 0.2) is 48.5 Å². The van der Waals surface area contributed by atoms with Crippen LogP contribution >= 0.6 is 12.4 Å². The van der Waals surface area contributed by atoms with Crippen LogP contribution in [0.5, 0.6) is 0 Å². The summed E-state index contributed by atoms with van der Waals surface area (Å²) in [6.45, 7) is 7.14. The predicted molar refractivity (Wildman–Crippen MR) is 103 cm³/mol. The largest absolute Gasteiger partial charge is 0.399 e. The van der Waals surface area contributed by atoms with E-state index in [9.17, 15) is 4.79 Å². The third-order valence-corrected chi connectivity index (χ3v) is 3.99. The summed E-state index contributed by atoms with van der Waals surface area (Å²) in [5, 5.41) is 2.97. The van der Waals surface area contributed by atoms with Gasteiger partial charge in [0.25, 0.3) is 0 Å². The summed E-state index contributed by atoms with van der Waals surface area (Å²) >= 11 is 0. The number of hydrogen-bond acceptors (Lipinski definition) is 2. The Bertz CT molecular complexity index is 660. The molecule has 2 rings (SSSR count). The van der Waals surface area contributed by atoms with E-state index in [4.69, 9.17) is 5.73 Å². The van der Waals surface area contributed by atoms with Gasteiger partial charge in [0.05, 0.1) is 0 Å². The first-order valence-electron chi connectivity index (χ1n) is 8.06. The average molecular weight is 347 g/mol. The standard InChI is InChI=1S/C20H26N2O.ClH/c1-20(2,3)17-11-8-15(9-12-17)14-22-19(23)13-10-16-6-4-5-7-18(16)21;/h4-9,11-12H,10,13-14,21H2,1-3H3,(H,22,23);1H. The van der Waals surface area contributed by atoms with Gasteiger partial charge in [-0.05, 0) is 34.6 Å². The second-order valence-electron chi connectivity index (χ2n) is 6.92. The van der Waals surface area contributed by atoms with Gasteiger partial charge in [0.2, 0.25) is 5.91 Å². The fourth-order valence-electron chi connectivity index (χ4n) is 2.42. The highest BCUT2D eigenvalue weighted by molar-refractivity contribution is 5.85. The van der Waals surface area contributed by atoms with Crippen molar-refractivity contribution in [3.05, 3.63) is 65.2 Å². The number of nitrogen functional groups attached to an aromatic ring is 1. The van der Waals surface area contributed by atoms with E-state index in [0.717, 1.165) is 16.8 Å². The molecule has 0 aliphatic rings. The molecule has 0 radical (unpaired) electrons. The van der Waals surface area contributed by atoms with Gasteiger partial charge < -0.3 is 11.1 Å². The fourth-order valence-corrected chi connectivity index (χ4v) is 2.42. The summed E-state index contributed by atoms with van der Waals surface area (Å²) in [5.74, 6) is 0.0492. The first kappa shape index (κ1) is 20.0.